The van der Waals surface area contributed by atoms with Gasteiger partial charge in [0.25, 0.3) is 5.91 Å². The van der Waals surface area contributed by atoms with Crippen LogP contribution >= 0.6 is 0 Å². The molecule has 10 nitrogen and oxygen atoms in total. The lowest BCUT2D eigenvalue weighted by Gasteiger charge is -2.14. The summed E-state index contributed by atoms with van der Waals surface area (Å²) in [7, 11) is 0. The number of hydrogen-bond donors (Lipinski definition) is 3. The first-order valence-corrected chi connectivity index (χ1v) is 11.9. The molecule has 1 saturated heterocycles. The van der Waals surface area contributed by atoms with Crippen LogP contribution in [0, 0.1) is 13.8 Å². The Kier molecular flexibility index (Phi) is 9.82. The van der Waals surface area contributed by atoms with Gasteiger partial charge in [0.05, 0.1) is 18.9 Å². The van der Waals surface area contributed by atoms with E-state index in [1.165, 1.54) is 6.21 Å². The molecule has 0 unspecified atom stereocenters. The molecule has 36 heavy (non-hydrogen) atoms. The fraction of sp³-hybridized carbons (Fsp3) is 0.385. The van der Waals surface area contributed by atoms with E-state index >= 15 is 0 Å². The summed E-state index contributed by atoms with van der Waals surface area (Å²) in [5, 5.41) is 9.21. The Morgan fingerprint density at radius 2 is 1.94 bits per heavy atom. The highest BCUT2D eigenvalue weighted by atomic mass is 16.5. The Bertz CT molecular complexity index is 1110. The summed E-state index contributed by atoms with van der Waals surface area (Å²) in [5.41, 5.74) is 5.62. The monoisotopic (exact) mass is 496 g/mol. The normalized spacial score (nSPS) is 14.9. The largest absolute Gasteiger partial charge is 0.490 e. The molecule has 0 aliphatic carbocycles. The lowest BCUT2D eigenvalue weighted by molar-refractivity contribution is -0.139. The van der Waals surface area contributed by atoms with Crippen molar-refractivity contribution in [2.45, 2.75) is 39.7 Å². The van der Waals surface area contributed by atoms with E-state index in [-0.39, 0.29) is 25.2 Å². The number of benzene rings is 2. The molecule has 3 amide bonds. The number of hydrazone groups is 1. The highest BCUT2D eigenvalue weighted by molar-refractivity contribution is 6.35. The molecule has 1 aliphatic rings. The molecule has 1 heterocycles. The predicted octanol–water partition coefficient (Wildman–Crippen LogP) is 2.46. The van der Waals surface area contributed by atoms with Gasteiger partial charge in [0.15, 0.2) is 18.1 Å². The molecule has 3 rings (SSSR count). The van der Waals surface area contributed by atoms with Crippen molar-refractivity contribution in [3.05, 3.63) is 53.1 Å². The minimum absolute atomic E-state index is 0.0549. The zero-order valence-electron chi connectivity index (χ0n) is 20.8. The minimum Gasteiger partial charge on any atom is -0.490 e. The van der Waals surface area contributed by atoms with Crippen LogP contribution in [0.4, 0.5) is 5.69 Å². The molecule has 2 aromatic rings. The Balaban J connectivity index is 1.52. The first kappa shape index (κ1) is 26.7. The molecule has 10 heteroatoms. The zero-order valence-corrected chi connectivity index (χ0v) is 20.8. The van der Waals surface area contributed by atoms with Crippen molar-refractivity contribution in [1.29, 1.82) is 0 Å². The summed E-state index contributed by atoms with van der Waals surface area (Å²) in [5.74, 6) is -1.13. The van der Waals surface area contributed by atoms with E-state index in [2.05, 4.69) is 21.2 Å². The van der Waals surface area contributed by atoms with Crippen molar-refractivity contribution in [2.75, 3.05) is 31.7 Å². The van der Waals surface area contributed by atoms with Crippen molar-refractivity contribution >= 4 is 29.6 Å². The molecular formula is C26H32N4O6. The standard InChI is InChI=1S/C26H32N4O6/c1-4-34-23-13-19(14-28-30-26(33)25(32)27-15-20-8-6-12-35-20)10-11-22(23)36-16-24(31)29-21-9-5-7-17(2)18(21)3/h5,7,9-11,13-14,20H,4,6,8,12,15-16H2,1-3H3,(H,27,32)(H,29,31)(H,30,33)/b28-14-/t20-/m0/s1. The summed E-state index contributed by atoms with van der Waals surface area (Å²) in [6.45, 7) is 6.90. The number of aryl methyl sites for hydroxylation is 1. The molecule has 0 spiro atoms. The lowest BCUT2D eigenvalue weighted by atomic mass is 10.1. The maximum absolute atomic E-state index is 12.4. The number of anilines is 1. The molecule has 0 saturated carbocycles. The topological polar surface area (TPSA) is 127 Å². The second-order valence-electron chi connectivity index (χ2n) is 8.27. The maximum Gasteiger partial charge on any atom is 0.329 e. The number of amides is 3. The van der Waals surface area contributed by atoms with Gasteiger partial charge in [-0.15, -0.1) is 0 Å². The Morgan fingerprint density at radius 3 is 2.69 bits per heavy atom. The van der Waals surface area contributed by atoms with Crippen LogP contribution in [0.2, 0.25) is 0 Å². The molecule has 2 aromatic carbocycles. The average Bonchev–Trinajstić information content (AvgIpc) is 3.39. The van der Waals surface area contributed by atoms with Crippen molar-refractivity contribution in [2.24, 2.45) is 5.10 Å². The third-order valence-electron chi connectivity index (χ3n) is 5.61. The third kappa shape index (κ3) is 7.81. The highest BCUT2D eigenvalue weighted by Gasteiger charge is 2.19. The first-order valence-electron chi connectivity index (χ1n) is 11.9. The van der Waals surface area contributed by atoms with Gasteiger partial charge in [0, 0.05) is 18.8 Å². The van der Waals surface area contributed by atoms with Crippen LogP contribution in [0.1, 0.15) is 36.5 Å². The van der Waals surface area contributed by atoms with Crippen LogP contribution in [-0.2, 0) is 19.1 Å². The van der Waals surface area contributed by atoms with E-state index in [0.717, 1.165) is 29.7 Å². The number of hydrogen-bond acceptors (Lipinski definition) is 7. The Labute approximate surface area is 210 Å². The maximum atomic E-state index is 12.4. The predicted molar refractivity (Wildman–Crippen MR) is 135 cm³/mol. The smallest absolute Gasteiger partial charge is 0.329 e. The van der Waals surface area contributed by atoms with Gasteiger partial charge in [-0.1, -0.05) is 12.1 Å². The van der Waals surface area contributed by atoms with E-state index in [1.807, 2.05) is 39.0 Å². The van der Waals surface area contributed by atoms with Crippen LogP contribution < -0.4 is 25.5 Å². The molecule has 0 aromatic heterocycles. The third-order valence-corrected chi connectivity index (χ3v) is 5.61. The quantitative estimate of drug-likeness (QED) is 0.263. The van der Waals surface area contributed by atoms with E-state index in [0.29, 0.717) is 30.3 Å². The minimum atomic E-state index is -0.871. The van der Waals surface area contributed by atoms with E-state index in [9.17, 15) is 14.4 Å². The SMILES string of the molecule is CCOc1cc(/C=N\NC(=O)C(=O)NC[C@@H]2CCCO2)ccc1OCC(=O)Nc1cccc(C)c1C. The number of rotatable bonds is 10. The van der Waals surface area contributed by atoms with Crippen molar-refractivity contribution < 1.29 is 28.6 Å². The Hall–Kier alpha value is -3.92. The van der Waals surface area contributed by atoms with Crippen LogP contribution in [0.3, 0.4) is 0 Å². The molecule has 192 valence electrons. The van der Waals surface area contributed by atoms with Crippen molar-refractivity contribution in [3.8, 4) is 11.5 Å². The summed E-state index contributed by atoms with van der Waals surface area (Å²) in [6.07, 6.45) is 3.13. The number of carbonyl (C=O) groups is 3. The second-order valence-corrected chi connectivity index (χ2v) is 8.27. The molecule has 0 radical (unpaired) electrons. The fourth-order valence-corrected chi connectivity index (χ4v) is 3.52. The van der Waals surface area contributed by atoms with Crippen LogP contribution in [0.25, 0.3) is 0 Å². The Morgan fingerprint density at radius 1 is 1.11 bits per heavy atom. The van der Waals surface area contributed by atoms with Gasteiger partial charge in [0.1, 0.15) is 0 Å². The molecule has 1 aliphatic heterocycles. The van der Waals surface area contributed by atoms with E-state index in [1.54, 1.807) is 18.2 Å². The van der Waals surface area contributed by atoms with Gasteiger partial charge >= 0.3 is 11.8 Å². The van der Waals surface area contributed by atoms with E-state index < -0.39 is 11.8 Å². The molecular weight excluding hydrogens is 464 g/mol. The van der Waals surface area contributed by atoms with Crippen molar-refractivity contribution in [1.82, 2.24) is 10.7 Å². The number of nitrogens with one attached hydrogen (secondary N) is 3. The zero-order chi connectivity index (χ0) is 25.9. The number of nitrogens with zero attached hydrogens (tertiary/aromatic N) is 1. The lowest BCUT2D eigenvalue weighted by Crippen LogP contribution is -2.41. The summed E-state index contributed by atoms with van der Waals surface area (Å²) in [4.78, 5) is 36.2. The number of carbonyl (C=O) groups excluding carboxylic acids is 3. The van der Waals surface area contributed by atoms with Gasteiger partial charge in [-0.2, -0.15) is 5.10 Å². The van der Waals surface area contributed by atoms with Gasteiger partial charge in [-0.25, -0.2) is 5.43 Å². The number of ether oxygens (including phenoxy) is 3. The molecule has 1 atom stereocenters. The van der Waals surface area contributed by atoms with Crippen molar-refractivity contribution in [3.63, 3.8) is 0 Å². The van der Waals surface area contributed by atoms with Crippen LogP contribution in [0.5, 0.6) is 11.5 Å². The van der Waals surface area contributed by atoms with E-state index in [4.69, 9.17) is 14.2 Å². The molecule has 1 fully saturated rings. The van der Waals surface area contributed by atoms with Gasteiger partial charge in [0.2, 0.25) is 0 Å². The highest BCUT2D eigenvalue weighted by Crippen LogP contribution is 2.28. The van der Waals surface area contributed by atoms with Gasteiger partial charge in [-0.05, 0) is 74.6 Å². The first-order chi connectivity index (χ1) is 17.4. The summed E-state index contributed by atoms with van der Waals surface area (Å²) >= 11 is 0. The van der Waals surface area contributed by atoms with Gasteiger partial charge in [-0.3, -0.25) is 14.4 Å². The van der Waals surface area contributed by atoms with Crippen LogP contribution in [-0.4, -0.2) is 56.4 Å². The molecule has 0 bridgehead atoms. The average molecular weight is 497 g/mol. The summed E-state index contributed by atoms with van der Waals surface area (Å²) < 4.78 is 16.7. The van der Waals surface area contributed by atoms with Crippen LogP contribution in [0.15, 0.2) is 41.5 Å². The van der Waals surface area contributed by atoms with Gasteiger partial charge < -0.3 is 24.8 Å². The fourth-order valence-electron chi connectivity index (χ4n) is 3.52. The second kappa shape index (κ2) is 13.2. The summed E-state index contributed by atoms with van der Waals surface area (Å²) in [6, 6.07) is 10.7. The molecule has 3 N–H and O–H groups in total.